The van der Waals surface area contributed by atoms with E-state index in [1.165, 1.54) is 4.90 Å². The Morgan fingerprint density at radius 1 is 1.21 bits per heavy atom. The first-order valence-electron chi connectivity index (χ1n) is 7.70. The van der Waals surface area contributed by atoms with Crippen LogP contribution in [0.3, 0.4) is 0 Å². The van der Waals surface area contributed by atoms with Crippen LogP contribution in [0.2, 0.25) is 0 Å². The molecule has 0 spiro atoms. The number of nitrogens with two attached hydrogens (primary N) is 1. The average Bonchev–Trinajstić information content (AvgIpc) is 2.94. The van der Waals surface area contributed by atoms with E-state index >= 15 is 0 Å². The first-order valence-corrected chi connectivity index (χ1v) is 7.70. The number of nitrogens with zero attached hydrogens (tertiary/aromatic N) is 1. The van der Waals surface area contributed by atoms with Gasteiger partial charge in [-0.2, -0.15) is 0 Å². The van der Waals surface area contributed by atoms with Gasteiger partial charge in [-0.05, 0) is 25.2 Å². The van der Waals surface area contributed by atoms with Crippen molar-refractivity contribution in [2.24, 2.45) is 23.5 Å². The maximum absolute atomic E-state index is 12.5. The molecule has 1 saturated heterocycles. The van der Waals surface area contributed by atoms with E-state index in [0.717, 1.165) is 38.5 Å². The Bertz CT molecular complexity index is 332. The van der Waals surface area contributed by atoms with Crippen molar-refractivity contribution < 1.29 is 9.59 Å². The van der Waals surface area contributed by atoms with Crippen LogP contribution in [0.4, 0.5) is 0 Å². The standard InChI is InChI=1S/C15H26N2O2/c1-3-5-6-11(9-16)17-14(18)12-7-10(4-2)8-13(12)15(17)19/h10-13H,3-9,16H2,1-2H3. The summed E-state index contributed by atoms with van der Waals surface area (Å²) in [5.74, 6) is 0.563. The quantitative estimate of drug-likeness (QED) is 0.747. The molecular formula is C15H26N2O2. The minimum absolute atomic E-state index is 0.0480. The second kappa shape index (κ2) is 6.04. The first-order chi connectivity index (χ1) is 9.13. The molecule has 1 heterocycles. The summed E-state index contributed by atoms with van der Waals surface area (Å²) >= 11 is 0. The molecule has 19 heavy (non-hydrogen) atoms. The molecule has 4 nitrogen and oxygen atoms in total. The number of hydrogen-bond acceptors (Lipinski definition) is 3. The molecule has 3 atom stereocenters. The zero-order chi connectivity index (χ0) is 14.0. The van der Waals surface area contributed by atoms with E-state index in [0.29, 0.717) is 12.5 Å². The summed E-state index contributed by atoms with van der Waals surface area (Å²) in [6.07, 6.45) is 5.80. The van der Waals surface area contributed by atoms with Crippen molar-refractivity contribution in [2.75, 3.05) is 6.54 Å². The number of rotatable bonds is 6. The number of carbonyl (C=O) groups excluding carboxylic acids is 2. The molecule has 4 heteroatoms. The number of imide groups is 1. The lowest BCUT2D eigenvalue weighted by molar-refractivity contribution is -0.143. The van der Waals surface area contributed by atoms with Crippen molar-refractivity contribution in [1.82, 2.24) is 4.90 Å². The van der Waals surface area contributed by atoms with Gasteiger partial charge in [0.25, 0.3) is 0 Å². The monoisotopic (exact) mass is 266 g/mol. The first kappa shape index (κ1) is 14.5. The third kappa shape index (κ3) is 2.55. The molecule has 1 aliphatic heterocycles. The van der Waals surface area contributed by atoms with Crippen LogP contribution in [0.15, 0.2) is 0 Å². The smallest absolute Gasteiger partial charge is 0.233 e. The molecule has 2 amide bonds. The maximum Gasteiger partial charge on any atom is 0.233 e. The Morgan fingerprint density at radius 2 is 1.79 bits per heavy atom. The van der Waals surface area contributed by atoms with E-state index in [-0.39, 0.29) is 29.7 Å². The summed E-state index contributed by atoms with van der Waals surface area (Å²) < 4.78 is 0. The van der Waals surface area contributed by atoms with Crippen molar-refractivity contribution >= 4 is 11.8 Å². The molecule has 0 aromatic heterocycles. The summed E-state index contributed by atoms with van der Waals surface area (Å²) in [5.41, 5.74) is 5.78. The summed E-state index contributed by atoms with van der Waals surface area (Å²) in [5, 5.41) is 0. The minimum Gasteiger partial charge on any atom is -0.328 e. The van der Waals surface area contributed by atoms with Crippen LogP contribution in [0.5, 0.6) is 0 Å². The molecule has 2 rings (SSSR count). The van der Waals surface area contributed by atoms with E-state index in [1.54, 1.807) is 0 Å². The van der Waals surface area contributed by atoms with E-state index in [2.05, 4.69) is 13.8 Å². The molecule has 108 valence electrons. The second-order valence-electron chi connectivity index (χ2n) is 6.04. The number of amides is 2. The molecule has 2 fully saturated rings. The highest BCUT2D eigenvalue weighted by molar-refractivity contribution is 6.05. The van der Waals surface area contributed by atoms with Crippen molar-refractivity contribution in [1.29, 1.82) is 0 Å². The number of unbranched alkanes of at least 4 members (excludes halogenated alkanes) is 1. The summed E-state index contributed by atoms with van der Waals surface area (Å²) in [6, 6.07) is -0.0781. The molecule has 3 unspecified atom stereocenters. The zero-order valence-corrected chi connectivity index (χ0v) is 12.1. The molecule has 2 aliphatic rings. The summed E-state index contributed by atoms with van der Waals surface area (Å²) in [4.78, 5) is 26.5. The molecular weight excluding hydrogens is 240 g/mol. The topological polar surface area (TPSA) is 63.4 Å². The highest BCUT2D eigenvalue weighted by Gasteiger charge is 2.53. The van der Waals surface area contributed by atoms with Crippen LogP contribution < -0.4 is 5.73 Å². The Kier molecular flexibility index (Phi) is 4.61. The van der Waals surface area contributed by atoms with Gasteiger partial charge in [0.15, 0.2) is 0 Å². The van der Waals surface area contributed by atoms with Crippen molar-refractivity contribution in [3.63, 3.8) is 0 Å². The van der Waals surface area contributed by atoms with E-state index in [4.69, 9.17) is 5.73 Å². The van der Waals surface area contributed by atoms with Gasteiger partial charge in [-0.25, -0.2) is 0 Å². The third-order valence-electron chi connectivity index (χ3n) is 4.87. The van der Waals surface area contributed by atoms with Gasteiger partial charge in [-0.15, -0.1) is 0 Å². The van der Waals surface area contributed by atoms with Gasteiger partial charge >= 0.3 is 0 Å². The number of fused-ring (bicyclic) bond motifs is 1. The minimum atomic E-state index is -0.0781. The van der Waals surface area contributed by atoms with Gasteiger partial charge in [0.05, 0.1) is 17.9 Å². The molecule has 0 radical (unpaired) electrons. The maximum atomic E-state index is 12.5. The molecule has 2 N–H and O–H groups in total. The van der Waals surface area contributed by atoms with Crippen LogP contribution >= 0.6 is 0 Å². The lowest BCUT2D eigenvalue weighted by Crippen LogP contribution is -2.45. The Balaban J connectivity index is 2.08. The molecule has 1 saturated carbocycles. The Labute approximate surface area is 115 Å². The predicted octanol–water partition coefficient (Wildman–Crippen LogP) is 1.93. The van der Waals surface area contributed by atoms with Crippen LogP contribution in [-0.4, -0.2) is 29.3 Å². The van der Waals surface area contributed by atoms with E-state index < -0.39 is 0 Å². The average molecular weight is 266 g/mol. The van der Waals surface area contributed by atoms with Gasteiger partial charge < -0.3 is 5.73 Å². The highest BCUT2D eigenvalue weighted by atomic mass is 16.2. The number of carbonyl (C=O) groups is 2. The van der Waals surface area contributed by atoms with Crippen LogP contribution in [0.1, 0.15) is 52.4 Å². The third-order valence-corrected chi connectivity index (χ3v) is 4.87. The highest BCUT2D eigenvalue weighted by Crippen LogP contribution is 2.45. The van der Waals surface area contributed by atoms with Crippen molar-refractivity contribution in [3.8, 4) is 0 Å². The summed E-state index contributed by atoms with van der Waals surface area (Å²) in [6.45, 7) is 4.65. The van der Waals surface area contributed by atoms with Gasteiger partial charge in [-0.3, -0.25) is 14.5 Å². The lowest BCUT2D eigenvalue weighted by atomic mass is 10.00. The SMILES string of the molecule is CCCCC(CN)N1C(=O)C2CC(CC)CC2C1=O. The molecule has 0 aromatic rings. The normalized spacial score (nSPS) is 31.9. The van der Waals surface area contributed by atoms with Gasteiger partial charge in [0.2, 0.25) is 11.8 Å². The number of hydrogen-bond donors (Lipinski definition) is 1. The fourth-order valence-electron chi connectivity index (χ4n) is 3.64. The van der Waals surface area contributed by atoms with Crippen molar-refractivity contribution in [2.45, 2.75) is 58.4 Å². The summed E-state index contributed by atoms with van der Waals surface area (Å²) in [7, 11) is 0. The number of likely N-dealkylation sites (tertiary alicyclic amines) is 1. The lowest BCUT2D eigenvalue weighted by Gasteiger charge is -2.26. The molecule has 0 aromatic carbocycles. The van der Waals surface area contributed by atoms with Crippen molar-refractivity contribution in [3.05, 3.63) is 0 Å². The van der Waals surface area contributed by atoms with Crippen LogP contribution in [0, 0.1) is 17.8 Å². The zero-order valence-electron chi connectivity index (χ0n) is 12.1. The predicted molar refractivity (Wildman–Crippen MR) is 74.2 cm³/mol. The molecule has 0 bridgehead atoms. The largest absolute Gasteiger partial charge is 0.328 e. The second-order valence-corrected chi connectivity index (χ2v) is 6.04. The van der Waals surface area contributed by atoms with Gasteiger partial charge in [0.1, 0.15) is 0 Å². The van der Waals surface area contributed by atoms with Gasteiger partial charge in [-0.1, -0.05) is 33.1 Å². The van der Waals surface area contributed by atoms with Crippen LogP contribution in [0.25, 0.3) is 0 Å². The van der Waals surface area contributed by atoms with Gasteiger partial charge in [0, 0.05) is 6.54 Å². The fourth-order valence-corrected chi connectivity index (χ4v) is 3.64. The fraction of sp³-hybridized carbons (Fsp3) is 0.867. The molecule has 1 aliphatic carbocycles. The van der Waals surface area contributed by atoms with E-state index in [9.17, 15) is 9.59 Å². The Morgan fingerprint density at radius 3 is 2.21 bits per heavy atom. The van der Waals surface area contributed by atoms with Crippen LogP contribution in [-0.2, 0) is 9.59 Å². The Hall–Kier alpha value is -0.900. The van der Waals surface area contributed by atoms with E-state index in [1.807, 2.05) is 0 Å².